The van der Waals surface area contributed by atoms with Crippen LogP contribution in [0.15, 0.2) is 6.08 Å². The van der Waals surface area contributed by atoms with Gasteiger partial charge in [-0.05, 0) is 31.8 Å². The number of hydrogen-bond donors (Lipinski definition) is 2. The lowest BCUT2D eigenvalue weighted by Gasteiger charge is -2.31. The number of carbonyl (C=O) groups excluding carboxylic acids is 2. The number of hydrogen-bond acceptors (Lipinski definition) is 4. The summed E-state index contributed by atoms with van der Waals surface area (Å²) in [6, 6.07) is 0.108. The Labute approximate surface area is 159 Å². The molecule has 0 radical (unpaired) electrons. The molecule has 144 valence electrons. The van der Waals surface area contributed by atoms with Gasteiger partial charge in [0.2, 0.25) is 11.8 Å². The highest BCUT2D eigenvalue weighted by Crippen LogP contribution is 2.22. The van der Waals surface area contributed by atoms with Gasteiger partial charge in [-0.15, -0.1) is 0 Å². The number of nitrogens with one attached hydrogen (secondary N) is 1. The van der Waals surface area contributed by atoms with Gasteiger partial charge in [-0.25, -0.2) is 0 Å². The van der Waals surface area contributed by atoms with Crippen LogP contribution in [0.3, 0.4) is 0 Å². The number of nitrogens with zero attached hydrogens (tertiary/aromatic N) is 3. The summed E-state index contributed by atoms with van der Waals surface area (Å²) in [6.45, 7) is 8.61. The van der Waals surface area contributed by atoms with E-state index in [4.69, 9.17) is 17.3 Å². The van der Waals surface area contributed by atoms with E-state index in [2.05, 4.69) is 24.3 Å². The van der Waals surface area contributed by atoms with Crippen molar-refractivity contribution < 1.29 is 9.59 Å². The first-order valence-corrected chi connectivity index (χ1v) is 9.36. The zero-order chi connectivity index (χ0) is 19.3. The van der Waals surface area contributed by atoms with Crippen LogP contribution in [0, 0.1) is 12.8 Å². The molecule has 0 bridgehead atoms. The molecule has 0 unspecified atom stereocenters. The Kier molecular flexibility index (Phi) is 7.23. The molecule has 1 aromatic heterocycles. The number of amides is 2. The van der Waals surface area contributed by atoms with Crippen LogP contribution in [0.4, 0.5) is 0 Å². The summed E-state index contributed by atoms with van der Waals surface area (Å²) in [5.74, 6) is -0.0292. The van der Waals surface area contributed by atoms with Gasteiger partial charge >= 0.3 is 0 Å². The molecular formula is C18H28ClN5O2. The number of aromatic nitrogens is 2. The van der Waals surface area contributed by atoms with Crippen molar-refractivity contribution in [3.8, 4) is 0 Å². The van der Waals surface area contributed by atoms with Gasteiger partial charge in [0.05, 0.1) is 12.2 Å². The molecule has 0 atom stereocenters. The average molecular weight is 382 g/mol. The van der Waals surface area contributed by atoms with Crippen molar-refractivity contribution in [1.82, 2.24) is 20.0 Å². The third-order valence-corrected chi connectivity index (χ3v) is 4.76. The van der Waals surface area contributed by atoms with Crippen molar-refractivity contribution in [2.75, 3.05) is 19.6 Å². The van der Waals surface area contributed by atoms with Gasteiger partial charge in [-0.2, -0.15) is 5.10 Å². The molecule has 7 nitrogen and oxygen atoms in total. The second-order valence-corrected chi connectivity index (χ2v) is 7.58. The highest BCUT2D eigenvalue weighted by molar-refractivity contribution is 6.31. The number of carbonyl (C=O) groups is 2. The minimum atomic E-state index is -0.319. The van der Waals surface area contributed by atoms with Gasteiger partial charge in [0.15, 0.2) is 0 Å². The zero-order valence-corrected chi connectivity index (χ0v) is 16.4. The van der Waals surface area contributed by atoms with Crippen LogP contribution in [-0.2, 0) is 16.1 Å². The molecule has 1 fully saturated rings. The molecule has 0 aromatic carbocycles. The number of aryl methyl sites for hydroxylation is 1. The molecule has 0 saturated carbocycles. The standard InChI is InChI=1S/C18H28ClN5O2/c1-12(2)10-24-18(19)15(13(3)22-24)4-5-17(26)21-14-6-8-23(9-7-14)11-16(20)25/h4-5,12,14H,6-11H2,1-3H3,(H2,20,25)(H,21,26). The van der Waals surface area contributed by atoms with Crippen LogP contribution in [-0.4, -0.2) is 52.2 Å². The lowest BCUT2D eigenvalue weighted by Crippen LogP contribution is -2.46. The summed E-state index contributed by atoms with van der Waals surface area (Å²) in [4.78, 5) is 25.1. The third kappa shape index (κ3) is 5.85. The Hall–Kier alpha value is -1.86. The number of rotatable bonds is 7. The van der Waals surface area contributed by atoms with Gasteiger partial charge < -0.3 is 11.1 Å². The van der Waals surface area contributed by atoms with E-state index in [1.807, 2.05) is 11.8 Å². The van der Waals surface area contributed by atoms with Gasteiger partial charge in [0, 0.05) is 37.3 Å². The molecule has 26 heavy (non-hydrogen) atoms. The summed E-state index contributed by atoms with van der Waals surface area (Å²) in [5, 5.41) is 7.99. The topological polar surface area (TPSA) is 93.2 Å². The Morgan fingerprint density at radius 3 is 2.62 bits per heavy atom. The van der Waals surface area contributed by atoms with E-state index in [1.165, 1.54) is 6.08 Å². The maximum absolute atomic E-state index is 12.2. The van der Waals surface area contributed by atoms with Crippen LogP contribution >= 0.6 is 11.6 Å². The Bertz CT molecular complexity index is 675. The fourth-order valence-electron chi connectivity index (χ4n) is 3.09. The maximum atomic E-state index is 12.2. The predicted octanol–water partition coefficient (Wildman–Crippen LogP) is 1.58. The lowest BCUT2D eigenvalue weighted by atomic mass is 10.0. The second kappa shape index (κ2) is 9.19. The van der Waals surface area contributed by atoms with Crippen molar-refractivity contribution in [1.29, 1.82) is 0 Å². The van der Waals surface area contributed by atoms with Crippen LogP contribution in [0.1, 0.15) is 37.9 Å². The second-order valence-electron chi connectivity index (χ2n) is 7.22. The van der Waals surface area contributed by atoms with E-state index in [9.17, 15) is 9.59 Å². The smallest absolute Gasteiger partial charge is 0.244 e. The molecule has 3 N–H and O–H groups in total. The van der Waals surface area contributed by atoms with E-state index in [1.54, 1.807) is 10.8 Å². The van der Waals surface area contributed by atoms with Crippen LogP contribution in [0.2, 0.25) is 5.15 Å². The molecule has 2 heterocycles. The van der Waals surface area contributed by atoms with Crippen molar-refractivity contribution in [2.45, 2.75) is 46.2 Å². The summed E-state index contributed by atoms with van der Waals surface area (Å²) in [6.07, 6.45) is 4.84. The number of halogens is 1. The highest BCUT2D eigenvalue weighted by atomic mass is 35.5. The molecule has 1 aliphatic rings. The first-order chi connectivity index (χ1) is 12.3. The quantitative estimate of drug-likeness (QED) is 0.701. The van der Waals surface area contributed by atoms with Crippen molar-refractivity contribution in [3.63, 3.8) is 0 Å². The molecule has 1 aliphatic heterocycles. The van der Waals surface area contributed by atoms with Crippen molar-refractivity contribution >= 4 is 29.5 Å². The summed E-state index contributed by atoms with van der Waals surface area (Å²) < 4.78 is 1.77. The maximum Gasteiger partial charge on any atom is 0.244 e. The third-order valence-electron chi connectivity index (χ3n) is 4.36. The number of primary amides is 1. The highest BCUT2D eigenvalue weighted by Gasteiger charge is 2.21. The molecule has 2 amide bonds. The molecule has 1 saturated heterocycles. The molecule has 1 aromatic rings. The summed E-state index contributed by atoms with van der Waals surface area (Å²) in [5.41, 5.74) is 6.79. The van der Waals surface area contributed by atoms with Crippen molar-refractivity contribution in [2.24, 2.45) is 11.7 Å². The number of piperidine rings is 1. The van der Waals surface area contributed by atoms with Gasteiger partial charge in [-0.1, -0.05) is 25.4 Å². The van der Waals surface area contributed by atoms with E-state index >= 15 is 0 Å². The number of nitrogens with two attached hydrogens (primary N) is 1. The van der Waals surface area contributed by atoms with Gasteiger partial charge in [0.1, 0.15) is 5.15 Å². The summed E-state index contributed by atoms with van der Waals surface area (Å²) in [7, 11) is 0. The van der Waals surface area contributed by atoms with Crippen LogP contribution in [0.25, 0.3) is 6.08 Å². The minimum Gasteiger partial charge on any atom is -0.369 e. The fourth-order valence-corrected chi connectivity index (χ4v) is 3.39. The Morgan fingerprint density at radius 1 is 1.38 bits per heavy atom. The Morgan fingerprint density at radius 2 is 2.04 bits per heavy atom. The van der Waals surface area contributed by atoms with Crippen molar-refractivity contribution in [3.05, 3.63) is 22.5 Å². The minimum absolute atomic E-state index is 0.108. The van der Waals surface area contributed by atoms with E-state index < -0.39 is 0 Å². The molecule has 8 heteroatoms. The van der Waals surface area contributed by atoms with Gasteiger partial charge in [0.25, 0.3) is 0 Å². The van der Waals surface area contributed by atoms with E-state index in [0.29, 0.717) is 11.1 Å². The zero-order valence-electron chi connectivity index (χ0n) is 15.7. The van der Waals surface area contributed by atoms with E-state index in [-0.39, 0.29) is 24.4 Å². The van der Waals surface area contributed by atoms with Crippen LogP contribution < -0.4 is 11.1 Å². The average Bonchev–Trinajstić information content (AvgIpc) is 2.80. The first kappa shape index (κ1) is 20.5. The monoisotopic (exact) mass is 381 g/mol. The summed E-state index contributed by atoms with van der Waals surface area (Å²) >= 11 is 6.38. The normalized spacial score (nSPS) is 16.5. The first-order valence-electron chi connectivity index (χ1n) is 8.98. The largest absolute Gasteiger partial charge is 0.369 e. The predicted molar refractivity (Wildman–Crippen MR) is 103 cm³/mol. The van der Waals surface area contributed by atoms with Crippen LogP contribution in [0.5, 0.6) is 0 Å². The SMILES string of the molecule is Cc1nn(CC(C)C)c(Cl)c1C=CC(=O)NC1CCN(CC(N)=O)CC1. The molecule has 0 spiro atoms. The van der Waals surface area contributed by atoms with E-state index in [0.717, 1.165) is 43.7 Å². The van der Waals surface area contributed by atoms with Gasteiger partial charge in [-0.3, -0.25) is 19.2 Å². The Balaban J connectivity index is 1.88. The fraction of sp³-hybridized carbons (Fsp3) is 0.611. The molecular weight excluding hydrogens is 354 g/mol. The lowest BCUT2D eigenvalue weighted by molar-refractivity contribution is -0.120. The molecule has 0 aliphatic carbocycles. The number of likely N-dealkylation sites (tertiary alicyclic amines) is 1. The molecule has 2 rings (SSSR count).